The Morgan fingerprint density at radius 1 is 1.03 bits per heavy atom. The number of nitrogens with one attached hydrogen (secondary N) is 1. The average Bonchev–Trinajstić information content (AvgIpc) is 3.03. The number of aryl methyl sites for hydroxylation is 1. The lowest BCUT2D eigenvalue weighted by Gasteiger charge is -2.25. The summed E-state index contributed by atoms with van der Waals surface area (Å²) in [6.07, 6.45) is 9.40. The quantitative estimate of drug-likeness (QED) is 0.251. The van der Waals surface area contributed by atoms with Crippen molar-refractivity contribution in [2.24, 2.45) is 11.8 Å². The number of hydrogen-bond donors (Lipinski definition) is 1. The van der Waals surface area contributed by atoms with E-state index in [1.54, 1.807) is 7.11 Å². The Kier molecular flexibility index (Phi) is 12.9. The Hall–Kier alpha value is -2.12. The van der Waals surface area contributed by atoms with E-state index >= 15 is 0 Å². The van der Waals surface area contributed by atoms with Gasteiger partial charge in [-0.3, -0.25) is 4.79 Å². The predicted octanol–water partition coefficient (Wildman–Crippen LogP) is 6.53. The van der Waals surface area contributed by atoms with E-state index in [-0.39, 0.29) is 7.33 Å². The molecule has 38 heavy (non-hydrogen) atoms. The maximum absolute atomic E-state index is 13.7. The van der Waals surface area contributed by atoms with Gasteiger partial charge in [0.1, 0.15) is 0 Å². The molecule has 0 saturated carbocycles. The zero-order chi connectivity index (χ0) is 27.3. The number of nitrogens with zero attached hydrogens (tertiary/aromatic N) is 4. The lowest BCUT2D eigenvalue weighted by molar-refractivity contribution is 0.0741. The van der Waals surface area contributed by atoms with E-state index in [0.29, 0.717) is 11.8 Å². The number of benzene rings is 1. The Labute approximate surface area is 232 Å². The van der Waals surface area contributed by atoms with Crippen LogP contribution in [0.5, 0.6) is 0 Å². The maximum atomic E-state index is 13.7. The van der Waals surface area contributed by atoms with Gasteiger partial charge in [-0.25, -0.2) is 4.98 Å². The van der Waals surface area contributed by atoms with Crippen LogP contribution in [0.15, 0.2) is 18.2 Å². The number of hydrogen-bond acceptors (Lipinski definition) is 5. The zero-order valence-corrected chi connectivity index (χ0v) is 24.8. The minimum atomic E-state index is 0. The van der Waals surface area contributed by atoms with Crippen molar-refractivity contribution in [1.82, 2.24) is 19.4 Å². The van der Waals surface area contributed by atoms with Crippen LogP contribution in [0, 0.1) is 11.8 Å². The van der Waals surface area contributed by atoms with Gasteiger partial charge in [-0.05, 0) is 88.2 Å². The van der Waals surface area contributed by atoms with Crippen LogP contribution in [-0.4, -0.2) is 78.2 Å². The Morgan fingerprint density at radius 3 is 2.34 bits per heavy atom. The molecule has 2 heterocycles. The molecular formula is C31H55N5O2. The van der Waals surface area contributed by atoms with Crippen molar-refractivity contribution in [2.45, 2.75) is 85.6 Å². The Morgan fingerprint density at radius 2 is 1.71 bits per heavy atom. The fourth-order valence-corrected chi connectivity index (χ4v) is 5.17. The number of methoxy groups -OCH3 is 1. The van der Waals surface area contributed by atoms with Crippen molar-refractivity contribution in [1.29, 1.82) is 0 Å². The summed E-state index contributed by atoms with van der Waals surface area (Å²) in [4.78, 5) is 23.3. The highest BCUT2D eigenvalue weighted by Gasteiger charge is 2.19. The van der Waals surface area contributed by atoms with Crippen LogP contribution in [-0.2, 0) is 11.3 Å². The predicted molar refractivity (Wildman–Crippen MR) is 161 cm³/mol. The first-order valence-electron chi connectivity index (χ1n) is 15.1. The van der Waals surface area contributed by atoms with Gasteiger partial charge in [-0.1, -0.05) is 40.5 Å². The van der Waals surface area contributed by atoms with Gasteiger partial charge in [0.15, 0.2) is 0 Å². The number of carbonyl (C=O) groups excluding carboxylic acids is 1. The molecule has 1 aromatic heterocycles. The molecule has 1 saturated heterocycles. The molecule has 0 unspecified atom stereocenters. The molecule has 1 N–H and O–H groups in total. The second kappa shape index (κ2) is 16.1. The molecule has 216 valence electrons. The van der Waals surface area contributed by atoms with Crippen molar-refractivity contribution in [2.75, 3.05) is 58.3 Å². The van der Waals surface area contributed by atoms with Crippen molar-refractivity contribution >= 4 is 22.9 Å². The Bertz CT molecular complexity index is 957. The minimum Gasteiger partial charge on any atom is -0.385 e. The largest absolute Gasteiger partial charge is 0.385 e. The summed E-state index contributed by atoms with van der Waals surface area (Å²) >= 11 is 0. The van der Waals surface area contributed by atoms with Gasteiger partial charge < -0.3 is 24.4 Å². The van der Waals surface area contributed by atoms with Crippen LogP contribution in [0.3, 0.4) is 0 Å². The topological polar surface area (TPSA) is 62.6 Å². The molecule has 0 spiro atoms. The summed E-state index contributed by atoms with van der Waals surface area (Å²) in [5.41, 5.74) is 2.76. The number of imidazole rings is 1. The maximum Gasteiger partial charge on any atom is 0.253 e. The summed E-state index contributed by atoms with van der Waals surface area (Å²) in [6, 6.07) is 6.07. The van der Waals surface area contributed by atoms with Crippen LogP contribution in [0.4, 0.5) is 5.95 Å². The zero-order valence-electron chi connectivity index (χ0n) is 24.8. The molecule has 0 atom stereocenters. The van der Waals surface area contributed by atoms with Crippen molar-refractivity contribution < 1.29 is 11.0 Å². The average molecular weight is 530 g/mol. The SMILES string of the molecule is COCCCNc1nc2ccc(C(=O)N(CCC(C)C)CCC(C)C)cc2n1CCCN1CCCCCC1.[HH]. The third kappa shape index (κ3) is 9.57. The van der Waals surface area contributed by atoms with Crippen LogP contribution in [0.2, 0.25) is 0 Å². The molecule has 0 bridgehead atoms. The molecule has 1 fully saturated rings. The number of amides is 1. The molecular weight excluding hydrogens is 474 g/mol. The highest BCUT2D eigenvalue weighted by atomic mass is 16.5. The number of anilines is 1. The first-order chi connectivity index (χ1) is 18.4. The van der Waals surface area contributed by atoms with Gasteiger partial charge >= 0.3 is 0 Å². The van der Waals surface area contributed by atoms with Gasteiger partial charge in [-0.15, -0.1) is 0 Å². The molecule has 1 aliphatic rings. The molecule has 7 heteroatoms. The van der Waals surface area contributed by atoms with Crippen LogP contribution >= 0.6 is 0 Å². The molecule has 1 aliphatic heterocycles. The summed E-state index contributed by atoms with van der Waals surface area (Å²) in [7, 11) is 1.74. The summed E-state index contributed by atoms with van der Waals surface area (Å²) in [5, 5.41) is 3.54. The Balaban J connectivity index is 0.00000533. The number of likely N-dealkylation sites (tertiary alicyclic amines) is 1. The summed E-state index contributed by atoms with van der Waals surface area (Å²) in [6.45, 7) is 16.5. The highest BCUT2D eigenvalue weighted by molar-refractivity contribution is 5.97. The third-order valence-corrected chi connectivity index (χ3v) is 7.60. The second-order valence-electron chi connectivity index (χ2n) is 11.8. The molecule has 0 radical (unpaired) electrons. The van der Waals surface area contributed by atoms with E-state index < -0.39 is 0 Å². The molecule has 7 nitrogen and oxygen atoms in total. The highest BCUT2D eigenvalue weighted by Crippen LogP contribution is 2.23. The standard InChI is InChI=1S/C31H53N5O2.H2/c1-25(2)14-21-35(22-15-26(3)4)30(37)27-12-13-28-29(24-27)36(31(33-28)32-16-10-23-38-5)20-11-19-34-17-8-6-7-9-18-34;/h12-13,24-26H,6-11,14-23H2,1-5H3,(H,32,33);1H. The van der Waals surface area contributed by atoms with Crippen LogP contribution in [0.1, 0.15) is 90.8 Å². The number of fused-ring (bicyclic) bond motifs is 1. The first kappa shape index (κ1) is 30.4. The number of aromatic nitrogens is 2. The molecule has 0 aliphatic carbocycles. The smallest absolute Gasteiger partial charge is 0.253 e. The van der Waals surface area contributed by atoms with Crippen LogP contribution in [0.25, 0.3) is 11.0 Å². The van der Waals surface area contributed by atoms with Gasteiger partial charge in [0.05, 0.1) is 11.0 Å². The van der Waals surface area contributed by atoms with Crippen molar-refractivity contribution in [3.63, 3.8) is 0 Å². The number of rotatable bonds is 16. The first-order valence-corrected chi connectivity index (χ1v) is 15.1. The molecule has 1 aromatic carbocycles. The lowest BCUT2D eigenvalue weighted by Crippen LogP contribution is -2.34. The molecule has 2 aromatic rings. The van der Waals surface area contributed by atoms with Crippen molar-refractivity contribution in [3.05, 3.63) is 23.8 Å². The van der Waals surface area contributed by atoms with E-state index in [1.807, 2.05) is 12.1 Å². The number of carbonyl (C=O) groups is 1. The van der Waals surface area contributed by atoms with Gasteiger partial charge in [0, 0.05) is 46.9 Å². The van der Waals surface area contributed by atoms with E-state index in [2.05, 4.69) is 53.4 Å². The van der Waals surface area contributed by atoms with Crippen LogP contribution < -0.4 is 5.32 Å². The van der Waals surface area contributed by atoms with Gasteiger partial charge in [-0.2, -0.15) is 0 Å². The van der Waals surface area contributed by atoms with E-state index in [9.17, 15) is 4.79 Å². The molecule has 3 rings (SSSR count). The number of ether oxygens (including phenoxy) is 1. The second-order valence-corrected chi connectivity index (χ2v) is 11.8. The van der Waals surface area contributed by atoms with E-state index in [0.717, 1.165) is 87.6 Å². The summed E-state index contributed by atoms with van der Waals surface area (Å²) in [5.74, 6) is 2.18. The minimum absolute atomic E-state index is 0. The lowest BCUT2D eigenvalue weighted by atomic mass is 10.1. The fourth-order valence-electron chi connectivity index (χ4n) is 5.17. The normalized spacial score (nSPS) is 14.9. The fraction of sp³-hybridized carbons (Fsp3) is 0.742. The third-order valence-electron chi connectivity index (χ3n) is 7.60. The van der Waals surface area contributed by atoms with Gasteiger partial charge in [0.2, 0.25) is 5.95 Å². The van der Waals surface area contributed by atoms with Crippen molar-refractivity contribution in [3.8, 4) is 0 Å². The van der Waals surface area contributed by atoms with Gasteiger partial charge in [0.25, 0.3) is 5.91 Å². The van der Waals surface area contributed by atoms with E-state index in [4.69, 9.17) is 9.72 Å². The van der Waals surface area contributed by atoms with E-state index in [1.165, 1.54) is 38.8 Å². The monoisotopic (exact) mass is 529 g/mol. The molecule has 1 amide bonds. The summed E-state index contributed by atoms with van der Waals surface area (Å²) < 4.78 is 7.52.